The van der Waals surface area contributed by atoms with Gasteiger partial charge in [-0.05, 0) is 54.6 Å². The monoisotopic (exact) mass is 383 g/mol. The molecule has 3 aromatic rings. The molecule has 3 nitrogen and oxygen atoms in total. The quantitative estimate of drug-likeness (QED) is 0.563. The highest BCUT2D eigenvalue weighted by atomic mass is 35.5. The molecule has 0 saturated heterocycles. The SMILES string of the molecule is O=C(Nc1cc(C(F)(F)F)ccc1Cl)c1ccc(-c2ccc(F)cc2)o1. The van der Waals surface area contributed by atoms with Crippen molar-refractivity contribution in [2.45, 2.75) is 6.18 Å². The van der Waals surface area contributed by atoms with Crippen LogP contribution < -0.4 is 5.32 Å². The van der Waals surface area contributed by atoms with Crippen LogP contribution in [-0.4, -0.2) is 5.91 Å². The molecule has 0 spiro atoms. The third-order valence-corrected chi connectivity index (χ3v) is 3.83. The fourth-order valence-electron chi connectivity index (χ4n) is 2.21. The highest BCUT2D eigenvalue weighted by molar-refractivity contribution is 6.33. The summed E-state index contributed by atoms with van der Waals surface area (Å²) in [6.45, 7) is 0. The van der Waals surface area contributed by atoms with Gasteiger partial charge in [0.2, 0.25) is 0 Å². The molecule has 0 aliphatic rings. The Bertz CT molecular complexity index is 949. The number of alkyl halides is 3. The standard InChI is InChI=1S/C18H10ClF4NO2/c19-13-6-3-11(18(21,22)23)9-14(13)24-17(25)16-8-7-15(26-16)10-1-4-12(20)5-2-10/h1-9H,(H,24,25). The molecule has 0 bridgehead atoms. The predicted octanol–water partition coefficient (Wildman–Crippen LogP) is 6.01. The molecule has 1 N–H and O–H groups in total. The zero-order chi connectivity index (χ0) is 18.9. The summed E-state index contributed by atoms with van der Waals surface area (Å²) in [6, 6.07) is 10.9. The number of carbonyl (C=O) groups is 1. The first-order valence-electron chi connectivity index (χ1n) is 7.28. The van der Waals surface area contributed by atoms with E-state index < -0.39 is 23.5 Å². The van der Waals surface area contributed by atoms with E-state index in [4.69, 9.17) is 16.0 Å². The molecule has 2 aromatic carbocycles. The van der Waals surface area contributed by atoms with Gasteiger partial charge in [-0.2, -0.15) is 13.2 Å². The Hall–Kier alpha value is -2.80. The van der Waals surface area contributed by atoms with E-state index in [1.807, 2.05) is 0 Å². The summed E-state index contributed by atoms with van der Waals surface area (Å²) in [5.41, 5.74) is -0.586. The van der Waals surface area contributed by atoms with Gasteiger partial charge in [0.05, 0.1) is 16.3 Å². The summed E-state index contributed by atoms with van der Waals surface area (Å²) in [4.78, 5) is 12.2. The zero-order valence-electron chi connectivity index (χ0n) is 12.9. The lowest BCUT2D eigenvalue weighted by Gasteiger charge is -2.11. The maximum atomic E-state index is 12.9. The van der Waals surface area contributed by atoms with Crippen LogP contribution in [0.3, 0.4) is 0 Å². The average Bonchev–Trinajstić information content (AvgIpc) is 3.06. The zero-order valence-corrected chi connectivity index (χ0v) is 13.7. The number of benzene rings is 2. The molecule has 1 heterocycles. The van der Waals surface area contributed by atoms with Gasteiger partial charge < -0.3 is 9.73 Å². The highest BCUT2D eigenvalue weighted by Crippen LogP contribution is 2.34. The van der Waals surface area contributed by atoms with Gasteiger partial charge in [0, 0.05) is 5.56 Å². The van der Waals surface area contributed by atoms with Gasteiger partial charge in [-0.1, -0.05) is 11.6 Å². The van der Waals surface area contributed by atoms with Crippen LogP contribution in [0.2, 0.25) is 5.02 Å². The number of rotatable bonds is 3. The van der Waals surface area contributed by atoms with Gasteiger partial charge in [0.25, 0.3) is 5.91 Å². The molecule has 0 atom stereocenters. The summed E-state index contributed by atoms with van der Waals surface area (Å²) < 4.78 is 56.7. The molecule has 1 aromatic heterocycles. The van der Waals surface area contributed by atoms with E-state index >= 15 is 0 Å². The molecule has 0 aliphatic heterocycles. The Morgan fingerprint density at radius 2 is 1.69 bits per heavy atom. The second kappa shape index (κ2) is 6.84. The first-order chi connectivity index (χ1) is 12.2. The van der Waals surface area contributed by atoms with Crippen molar-refractivity contribution in [3.05, 3.63) is 76.8 Å². The summed E-state index contributed by atoms with van der Waals surface area (Å²) in [6.07, 6.45) is -4.56. The summed E-state index contributed by atoms with van der Waals surface area (Å²) in [5, 5.41) is 2.24. The van der Waals surface area contributed by atoms with Gasteiger partial charge in [0.15, 0.2) is 5.76 Å². The first kappa shape index (κ1) is 18.0. The molecule has 3 rings (SSSR count). The fraction of sp³-hybridized carbons (Fsp3) is 0.0556. The minimum absolute atomic E-state index is 0.0448. The highest BCUT2D eigenvalue weighted by Gasteiger charge is 2.31. The molecular weight excluding hydrogens is 374 g/mol. The number of amides is 1. The van der Waals surface area contributed by atoms with Gasteiger partial charge in [0.1, 0.15) is 11.6 Å². The van der Waals surface area contributed by atoms with E-state index in [9.17, 15) is 22.4 Å². The lowest BCUT2D eigenvalue weighted by molar-refractivity contribution is -0.137. The largest absolute Gasteiger partial charge is 0.451 e. The van der Waals surface area contributed by atoms with Crippen molar-refractivity contribution in [3.63, 3.8) is 0 Å². The molecule has 0 fully saturated rings. The van der Waals surface area contributed by atoms with Crippen LogP contribution in [0.4, 0.5) is 23.2 Å². The Labute approximate surface area is 150 Å². The Morgan fingerprint density at radius 3 is 2.35 bits per heavy atom. The molecule has 134 valence electrons. The third kappa shape index (κ3) is 3.88. The van der Waals surface area contributed by atoms with Crippen LogP contribution >= 0.6 is 11.6 Å². The number of hydrogen-bond acceptors (Lipinski definition) is 2. The van der Waals surface area contributed by atoms with E-state index in [1.54, 1.807) is 0 Å². The van der Waals surface area contributed by atoms with Crippen molar-refractivity contribution >= 4 is 23.2 Å². The molecule has 0 saturated carbocycles. The Morgan fingerprint density at radius 1 is 1.00 bits per heavy atom. The maximum Gasteiger partial charge on any atom is 0.416 e. The minimum atomic E-state index is -4.56. The normalized spacial score (nSPS) is 11.4. The molecule has 26 heavy (non-hydrogen) atoms. The average molecular weight is 384 g/mol. The van der Waals surface area contributed by atoms with Crippen molar-refractivity contribution in [1.29, 1.82) is 0 Å². The van der Waals surface area contributed by atoms with Crippen LogP contribution in [0, 0.1) is 5.82 Å². The predicted molar refractivity (Wildman–Crippen MR) is 88.5 cm³/mol. The third-order valence-electron chi connectivity index (χ3n) is 3.50. The van der Waals surface area contributed by atoms with Crippen molar-refractivity contribution in [1.82, 2.24) is 0 Å². The summed E-state index contributed by atoms with van der Waals surface area (Å²) in [5.74, 6) is -1.000. The van der Waals surface area contributed by atoms with Crippen molar-refractivity contribution in [2.75, 3.05) is 5.32 Å². The lowest BCUT2D eigenvalue weighted by atomic mass is 10.2. The maximum absolute atomic E-state index is 12.9. The molecule has 1 amide bonds. The first-order valence-corrected chi connectivity index (χ1v) is 7.66. The van der Waals surface area contributed by atoms with Crippen molar-refractivity contribution in [3.8, 4) is 11.3 Å². The van der Waals surface area contributed by atoms with Crippen LogP contribution in [0.1, 0.15) is 16.1 Å². The molecule has 0 aliphatic carbocycles. The van der Waals surface area contributed by atoms with Gasteiger partial charge in [-0.25, -0.2) is 4.39 Å². The lowest BCUT2D eigenvalue weighted by Crippen LogP contribution is -2.13. The van der Waals surface area contributed by atoms with E-state index in [1.165, 1.54) is 36.4 Å². The van der Waals surface area contributed by atoms with Crippen LogP contribution in [0.5, 0.6) is 0 Å². The van der Waals surface area contributed by atoms with Crippen LogP contribution in [0.15, 0.2) is 59.0 Å². The molecular formula is C18H10ClF4NO2. The van der Waals surface area contributed by atoms with Crippen molar-refractivity contribution < 1.29 is 26.8 Å². The molecule has 0 unspecified atom stereocenters. The second-order valence-corrected chi connectivity index (χ2v) is 5.72. The Balaban J connectivity index is 1.82. The van der Waals surface area contributed by atoms with E-state index in [2.05, 4.69) is 5.32 Å². The second-order valence-electron chi connectivity index (χ2n) is 5.32. The topological polar surface area (TPSA) is 42.2 Å². The van der Waals surface area contributed by atoms with Gasteiger partial charge >= 0.3 is 6.18 Å². The molecule has 0 radical (unpaired) electrons. The van der Waals surface area contributed by atoms with Crippen molar-refractivity contribution in [2.24, 2.45) is 0 Å². The summed E-state index contributed by atoms with van der Waals surface area (Å²) in [7, 11) is 0. The van der Waals surface area contributed by atoms with Crippen LogP contribution in [-0.2, 0) is 6.18 Å². The minimum Gasteiger partial charge on any atom is -0.451 e. The smallest absolute Gasteiger partial charge is 0.416 e. The van der Waals surface area contributed by atoms with Gasteiger partial charge in [-0.15, -0.1) is 0 Å². The Kier molecular flexibility index (Phi) is 4.73. The number of furan rings is 1. The number of nitrogens with one attached hydrogen (secondary N) is 1. The van der Waals surface area contributed by atoms with E-state index in [-0.39, 0.29) is 16.5 Å². The molecule has 8 heteroatoms. The van der Waals surface area contributed by atoms with E-state index in [0.29, 0.717) is 11.3 Å². The number of anilines is 1. The number of hydrogen-bond donors (Lipinski definition) is 1. The van der Waals surface area contributed by atoms with E-state index in [0.717, 1.165) is 18.2 Å². The number of halogens is 5. The fourth-order valence-corrected chi connectivity index (χ4v) is 2.38. The number of carbonyl (C=O) groups excluding carboxylic acids is 1. The van der Waals surface area contributed by atoms with Crippen LogP contribution in [0.25, 0.3) is 11.3 Å². The van der Waals surface area contributed by atoms with Gasteiger partial charge in [-0.3, -0.25) is 4.79 Å². The summed E-state index contributed by atoms with van der Waals surface area (Å²) >= 11 is 5.85.